The zero-order valence-electron chi connectivity index (χ0n) is 16.3. The predicted octanol–water partition coefficient (Wildman–Crippen LogP) is 3.28. The molecular formula is C22H24N2O4. The van der Waals surface area contributed by atoms with Crippen LogP contribution in [0.15, 0.2) is 53.5 Å². The highest BCUT2D eigenvalue weighted by Gasteiger charge is 2.10. The molecule has 1 heterocycles. The quantitative estimate of drug-likeness (QED) is 0.683. The van der Waals surface area contributed by atoms with Crippen LogP contribution in [0.25, 0.3) is 10.8 Å². The number of hydrogen-bond acceptors (Lipinski definition) is 4. The van der Waals surface area contributed by atoms with Crippen LogP contribution in [0, 0.1) is 13.8 Å². The summed E-state index contributed by atoms with van der Waals surface area (Å²) in [5.74, 6) is 0.250. The monoisotopic (exact) mass is 380 g/mol. The first-order valence-corrected chi connectivity index (χ1v) is 9.10. The Morgan fingerprint density at radius 1 is 1.07 bits per heavy atom. The number of carbonyl (C=O) groups is 1. The summed E-state index contributed by atoms with van der Waals surface area (Å²) in [4.78, 5) is 24.9. The SMILES string of the molecule is COCCn1ccc2c(OCC(=O)Nc3cc(C)cc(C)c3)cccc2c1=O. The van der Waals surface area contributed by atoms with Crippen molar-refractivity contribution in [1.82, 2.24) is 4.57 Å². The maximum atomic E-state index is 12.6. The van der Waals surface area contributed by atoms with Gasteiger partial charge in [0.15, 0.2) is 6.61 Å². The van der Waals surface area contributed by atoms with E-state index >= 15 is 0 Å². The topological polar surface area (TPSA) is 69.6 Å². The summed E-state index contributed by atoms with van der Waals surface area (Å²) in [6, 6.07) is 12.9. The molecular weight excluding hydrogens is 356 g/mol. The lowest BCUT2D eigenvalue weighted by Crippen LogP contribution is -2.22. The summed E-state index contributed by atoms with van der Waals surface area (Å²) < 4.78 is 12.3. The Hall–Kier alpha value is -3.12. The maximum Gasteiger partial charge on any atom is 0.262 e. The first kappa shape index (κ1) is 19.6. The fourth-order valence-corrected chi connectivity index (χ4v) is 3.17. The number of ether oxygens (including phenoxy) is 2. The van der Waals surface area contributed by atoms with Crippen LogP contribution in [0.5, 0.6) is 5.75 Å². The molecule has 0 unspecified atom stereocenters. The molecule has 28 heavy (non-hydrogen) atoms. The standard InChI is InChI=1S/C22H24N2O4/c1-15-11-16(2)13-17(12-15)23-21(25)14-28-20-6-4-5-19-18(20)7-8-24(22(19)26)9-10-27-3/h4-8,11-13H,9-10,14H2,1-3H3,(H,23,25). The van der Waals surface area contributed by atoms with Gasteiger partial charge in [0.1, 0.15) is 5.75 Å². The number of methoxy groups -OCH3 is 1. The van der Waals surface area contributed by atoms with Crippen LogP contribution in [0.2, 0.25) is 0 Å². The Bertz CT molecular complexity index is 1040. The van der Waals surface area contributed by atoms with Gasteiger partial charge >= 0.3 is 0 Å². The molecule has 146 valence electrons. The maximum absolute atomic E-state index is 12.6. The number of fused-ring (bicyclic) bond motifs is 1. The van der Waals surface area contributed by atoms with Gasteiger partial charge in [-0.05, 0) is 55.3 Å². The number of amides is 1. The Morgan fingerprint density at radius 2 is 1.82 bits per heavy atom. The Kier molecular flexibility index (Phi) is 6.11. The van der Waals surface area contributed by atoms with E-state index in [9.17, 15) is 9.59 Å². The van der Waals surface area contributed by atoms with Gasteiger partial charge in [-0.2, -0.15) is 0 Å². The lowest BCUT2D eigenvalue weighted by Gasteiger charge is -2.12. The highest BCUT2D eigenvalue weighted by molar-refractivity contribution is 5.93. The minimum atomic E-state index is -0.254. The van der Waals surface area contributed by atoms with E-state index in [2.05, 4.69) is 5.32 Å². The van der Waals surface area contributed by atoms with Crippen LogP contribution >= 0.6 is 0 Å². The van der Waals surface area contributed by atoms with Gasteiger partial charge in [-0.1, -0.05) is 12.1 Å². The summed E-state index contributed by atoms with van der Waals surface area (Å²) >= 11 is 0. The second kappa shape index (κ2) is 8.71. The van der Waals surface area contributed by atoms with Crippen molar-refractivity contribution in [3.8, 4) is 5.75 Å². The van der Waals surface area contributed by atoms with Crippen LogP contribution in [0.4, 0.5) is 5.69 Å². The zero-order valence-corrected chi connectivity index (χ0v) is 16.3. The van der Waals surface area contributed by atoms with Crippen molar-refractivity contribution < 1.29 is 14.3 Å². The third-order valence-electron chi connectivity index (χ3n) is 4.38. The fourth-order valence-electron chi connectivity index (χ4n) is 3.17. The lowest BCUT2D eigenvalue weighted by molar-refractivity contribution is -0.118. The number of anilines is 1. The van der Waals surface area contributed by atoms with Crippen LogP contribution in [-0.2, 0) is 16.1 Å². The van der Waals surface area contributed by atoms with Gasteiger partial charge in [0.2, 0.25) is 0 Å². The lowest BCUT2D eigenvalue weighted by atomic mass is 10.1. The number of aromatic nitrogens is 1. The smallest absolute Gasteiger partial charge is 0.262 e. The molecule has 6 nitrogen and oxygen atoms in total. The Morgan fingerprint density at radius 3 is 2.54 bits per heavy atom. The normalized spacial score (nSPS) is 10.8. The molecule has 0 aliphatic heterocycles. The van der Waals surface area contributed by atoms with E-state index < -0.39 is 0 Å². The summed E-state index contributed by atoms with van der Waals surface area (Å²) in [5, 5.41) is 4.07. The molecule has 0 radical (unpaired) electrons. The molecule has 1 amide bonds. The minimum absolute atomic E-state index is 0.111. The molecule has 1 aromatic heterocycles. The molecule has 3 aromatic rings. The zero-order chi connectivity index (χ0) is 20.1. The second-order valence-corrected chi connectivity index (χ2v) is 6.74. The molecule has 0 saturated heterocycles. The van der Waals surface area contributed by atoms with E-state index in [0.717, 1.165) is 16.8 Å². The van der Waals surface area contributed by atoms with Crippen LogP contribution in [-0.4, -0.2) is 30.8 Å². The Labute approximate surface area is 163 Å². The Balaban J connectivity index is 1.74. The average Bonchev–Trinajstić information content (AvgIpc) is 2.65. The van der Waals surface area contributed by atoms with E-state index in [4.69, 9.17) is 9.47 Å². The number of carbonyl (C=O) groups excluding carboxylic acids is 1. The minimum Gasteiger partial charge on any atom is -0.483 e. The number of aryl methyl sites for hydroxylation is 2. The van der Waals surface area contributed by atoms with Crippen LogP contribution in [0.1, 0.15) is 11.1 Å². The molecule has 0 atom stereocenters. The molecule has 2 aromatic carbocycles. The highest BCUT2D eigenvalue weighted by Crippen LogP contribution is 2.23. The van der Waals surface area contributed by atoms with E-state index in [0.29, 0.717) is 29.7 Å². The van der Waals surface area contributed by atoms with Crippen molar-refractivity contribution in [3.63, 3.8) is 0 Å². The average molecular weight is 380 g/mol. The third-order valence-corrected chi connectivity index (χ3v) is 4.38. The van der Waals surface area contributed by atoms with Gasteiger partial charge in [-0.15, -0.1) is 0 Å². The molecule has 3 rings (SSSR count). The third kappa shape index (κ3) is 4.58. The van der Waals surface area contributed by atoms with Gasteiger partial charge in [0.05, 0.1) is 12.0 Å². The van der Waals surface area contributed by atoms with Crippen molar-refractivity contribution >= 4 is 22.4 Å². The van der Waals surface area contributed by atoms with Gasteiger partial charge < -0.3 is 19.4 Å². The van der Waals surface area contributed by atoms with E-state index in [1.807, 2.05) is 38.1 Å². The molecule has 1 N–H and O–H groups in total. The van der Waals surface area contributed by atoms with Gasteiger partial charge in [0, 0.05) is 30.9 Å². The van der Waals surface area contributed by atoms with E-state index in [1.165, 1.54) is 0 Å². The molecule has 0 spiro atoms. The second-order valence-electron chi connectivity index (χ2n) is 6.74. The molecule has 6 heteroatoms. The van der Waals surface area contributed by atoms with E-state index in [-0.39, 0.29) is 18.1 Å². The summed E-state index contributed by atoms with van der Waals surface area (Å²) in [6.45, 7) is 4.76. The molecule has 0 bridgehead atoms. The highest BCUT2D eigenvalue weighted by atomic mass is 16.5. The fraction of sp³-hybridized carbons (Fsp3) is 0.273. The van der Waals surface area contributed by atoms with Gasteiger partial charge in [-0.25, -0.2) is 0 Å². The van der Waals surface area contributed by atoms with Crippen molar-refractivity contribution in [2.24, 2.45) is 0 Å². The van der Waals surface area contributed by atoms with Crippen molar-refractivity contribution in [1.29, 1.82) is 0 Å². The number of pyridine rings is 1. The predicted molar refractivity (Wildman–Crippen MR) is 110 cm³/mol. The van der Waals surface area contributed by atoms with Gasteiger partial charge in [-0.3, -0.25) is 9.59 Å². The van der Waals surface area contributed by atoms with Gasteiger partial charge in [0.25, 0.3) is 11.5 Å². The van der Waals surface area contributed by atoms with Crippen molar-refractivity contribution in [2.45, 2.75) is 20.4 Å². The largest absolute Gasteiger partial charge is 0.483 e. The number of nitrogens with zero attached hydrogens (tertiary/aromatic N) is 1. The number of rotatable bonds is 7. The van der Waals surface area contributed by atoms with Crippen LogP contribution in [0.3, 0.4) is 0 Å². The number of nitrogens with one attached hydrogen (secondary N) is 1. The summed E-state index contributed by atoms with van der Waals surface area (Å²) in [7, 11) is 1.60. The molecule has 0 saturated carbocycles. The number of hydrogen-bond donors (Lipinski definition) is 1. The molecule has 0 fully saturated rings. The first-order chi connectivity index (χ1) is 13.5. The first-order valence-electron chi connectivity index (χ1n) is 9.10. The molecule has 0 aliphatic carbocycles. The number of benzene rings is 2. The summed E-state index contributed by atoms with van der Waals surface area (Å²) in [6.07, 6.45) is 1.71. The van der Waals surface area contributed by atoms with Crippen molar-refractivity contribution in [2.75, 3.05) is 25.6 Å². The van der Waals surface area contributed by atoms with Crippen LogP contribution < -0.4 is 15.6 Å². The molecule has 0 aliphatic rings. The van der Waals surface area contributed by atoms with Crippen molar-refractivity contribution in [3.05, 3.63) is 70.1 Å². The van der Waals surface area contributed by atoms with E-state index in [1.54, 1.807) is 36.1 Å². The summed E-state index contributed by atoms with van der Waals surface area (Å²) in [5.41, 5.74) is 2.79.